The molecule has 6 nitrogen and oxygen atoms in total. The van der Waals surface area contributed by atoms with Gasteiger partial charge in [0.25, 0.3) is 0 Å². The monoisotopic (exact) mass is 1170 g/mol. The van der Waals surface area contributed by atoms with Crippen molar-refractivity contribution < 1.29 is 0 Å². The maximum atomic E-state index is 5.53. The van der Waals surface area contributed by atoms with Gasteiger partial charge in [-0.05, 0) is 108 Å². The van der Waals surface area contributed by atoms with Crippen LogP contribution >= 0.6 is 22.7 Å². The number of para-hydroxylation sites is 3. The molecule has 5 heterocycles. The molecule has 5 aromatic heterocycles. The number of nitrogens with one attached hydrogen (secondary N) is 1. The first-order valence-electron chi connectivity index (χ1n) is 30.0. The molecule has 0 unspecified atom stereocenters. The molecule has 0 spiro atoms. The van der Waals surface area contributed by atoms with E-state index in [1.54, 1.807) is 22.7 Å². The van der Waals surface area contributed by atoms with Crippen LogP contribution in [0.3, 0.4) is 0 Å². The van der Waals surface area contributed by atoms with Gasteiger partial charge in [-0.2, -0.15) is 0 Å². The molecule has 0 amide bonds. The molecule has 0 aliphatic rings. The summed E-state index contributed by atoms with van der Waals surface area (Å²) in [5.41, 5.74) is 17.9. The summed E-state index contributed by atoms with van der Waals surface area (Å²) in [5.74, 6) is 1.82. The van der Waals surface area contributed by atoms with Gasteiger partial charge in [0, 0.05) is 112 Å². The molecule has 13 aromatic carbocycles. The quantitative estimate of drug-likeness (QED) is 0.148. The molecular formula is C81H50N6S2. The van der Waals surface area contributed by atoms with Gasteiger partial charge < -0.3 is 14.5 Å². The normalized spacial score (nSPS) is 11.8. The van der Waals surface area contributed by atoms with E-state index in [0.717, 1.165) is 106 Å². The van der Waals surface area contributed by atoms with Gasteiger partial charge in [-0.1, -0.05) is 206 Å². The van der Waals surface area contributed by atoms with Gasteiger partial charge >= 0.3 is 0 Å². The topological polar surface area (TPSA) is 60.6 Å². The van der Waals surface area contributed by atoms with E-state index in [0.29, 0.717) is 17.5 Å². The Morgan fingerprint density at radius 1 is 0.258 bits per heavy atom. The largest absolute Gasteiger partial charge is 0.355 e. The maximum absolute atomic E-state index is 5.53. The summed E-state index contributed by atoms with van der Waals surface area (Å²) in [6, 6.07) is 107. The standard InChI is InChI=1S/C81H50N6S2/c1-4-20-50(21-5-1)58-26-10-15-31-69(58)82-56-38-42-72-67(48-56)68-49-57(86-70-32-16-11-27-59(70)60-28-12-17-33-71(60)86)39-43-73(68)87(72)78-65(51-22-6-2-7-23-51)44-55(45-66(78)52-24-8-3-9-25-52)81-84-79(53-36-40-63-61-29-13-18-34-74(61)88-76(63)46-53)83-80(85-81)54-37-41-64-62-30-14-19-35-75(62)89-77(64)47-54/h1-49,82H. The van der Waals surface area contributed by atoms with Crippen LogP contribution in [0.1, 0.15) is 0 Å². The summed E-state index contributed by atoms with van der Waals surface area (Å²) in [4.78, 5) is 16.5. The SMILES string of the molecule is c1ccc(-c2ccccc2Nc2ccc3c(c2)c2cc(-n4c5ccccc5c5ccccc54)ccc2n3-c2c(-c3ccccc3)cc(-c3nc(-c4ccc5c(c4)sc4ccccc45)nc(-c4ccc5c(c4)sc4ccccc45)n3)cc2-c2ccccc2)cc1. The van der Waals surface area contributed by atoms with Crippen molar-refractivity contribution >= 4 is 118 Å². The van der Waals surface area contributed by atoms with Crippen molar-refractivity contribution in [2.75, 3.05) is 5.32 Å². The van der Waals surface area contributed by atoms with Crippen molar-refractivity contribution in [2.45, 2.75) is 0 Å². The lowest BCUT2D eigenvalue weighted by Crippen LogP contribution is -2.04. The minimum absolute atomic E-state index is 0.586. The van der Waals surface area contributed by atoms with E-state index in [1.165, 1.54) is 51.1 Å². The average molecular weight is 1170 g/mol. The van der Waals surface area contributed by atoms with E-state index in [-0.39, 0.29) is 0 Å². The van der Waals surface area contributed by atoms with E-state index in [4.69, 9.17) is 15.0 Å². The van der Waals surface area contributed by atoms with Gasteiger partial charge in [0.05, 0.1) is 27.8 Å². The van der Waals surface area contributed by atoms with Gasteiger partial charge in [0.2, 0.25) is 0 Å². The van der Waals surface area contributed by atoms with Crippen LogP contribution in [0.25, 0.3) is 163 Å². The molecule has 1 N–H and O–H groups in total. The molecule has 0 saturated heterocycles. The number of fused-ring (bicyclic) bond motifs is 12. The highest BCUT2D eigenvalue weighted by Gasteiger charge is 2.25. The smallest absolute Gasteiger partial charge is 0.164 e. The highest BCUT2D eigenvalue weighted by Crippen LogP contribution is 2.47. The van der Waals surface area contributed by atoms with Gasteiger partial charge in [0.1, 0.15) is 0 Å². The second-order valence-electron chi connectivity index (χ2n) is 22.8. The molecule has 416 valence electrons. The Morgan fingerprint density at radius 2 is 0.685 bits per heavy atom. The third-order valence-electron chi connectivity index (χ3n) is 17.5. The van der Waals surface area contributed by atoms with Crippen molar-refractivity contribution in [1.29, 1.82) is 0 Å². The van der Waals surface area contributed by atoms with E-state index >= 15 is 0 Å². The van der Waals surface area contributed by atoms with Gasteiger partial charge in [-0.15, -0.1) is 22.7 Å². The average Bonchev–Trinajstić information content (AvgIpc) is 1.89. The van der Waals surface area contributed by atoms with Crippen molar-refractivity contribution in [3.05, 3.63) is 297 Å². The molecule has 0 bridgehead atoms. The van der Waals surface area contributed by atoms with Gasteiger partial charge in [-0.25, -0.2) is 15.0 Å². The zero-order chi connectivity index (χ0) is 58.5. The van der Waals surface area contributed by atoms with Crippen LogP contribution in [0.15, 0.2) is 297 Å². The number of rotatable bonds is 10. The van der Waals surface area contributed by atoms with Crippen molar-refractivity contribution in [1.82, 2.24) is 24.1 Å². The molecule has 0 aliphatic carbocycles. The fourth-order valence-corrected chi connectivity index (χ4v) is 15.8. The fraction of sp³-hybridized carbons (Fsp3) is 0. The van der Waals surface area contributed by atoms with Crippen LogP contribution < -0.4 is 5.32 Å². The first-order chi connectivity index (χ1) is 44.1. The molecule has 0 fully saturated rings. The predicted octanol–water partition coefficient (Wildman–Crippen LogP) is 22.5. The summed E-state index contributed by atoms with van der Waals surface area (Å²) in [6.45, 7) is 0. The molecule has 0 atom stereocenters. The lowest BCUT2D eigenvalue weighted by molar-refractivity contribution is 1.07. The summed E-state index contributed by atoms with van der Waals surface area (Å²) < 4.78 is 9.81. The number of aromatic nitrogens is 5. The lowest BCUT2D eigenvalue weighted by atomic mass is 9.92. The molecule has 89 heavy (non-hydrogen) atoms. The Morgan fingerprint density at radius 3 is 1.25 bits per heavy atom. The molecule has 0 aliphatic heterocycles. The Labute approximate surface area is 520 Å². The number of hydrogen-bond acceptors (Lipinski definition) is 6. The predicted molar refractivity (Wildman–Crippen MR) is 377 cm³/mol. The van der Waals surface area contributed by atoms with Crippen LogP contribution in [0.4, 0.5) is 11.4 Å². The molecule has 0 radical (unpaired) electrons. The van der Waals surface area contributed by atoms with E-state index in [1.807, 2.05) is 0 Å². The van der Waals surface area contributed by atoms with E-state index < -0.39 is 0 Å². The maximum Gasteiger partial charge on any atom is 0.164 e. The summed E-state index contributed by atoms with van der Waals surface area (Å²) >= 11 is 3.60. The highest BCUT2D eigenvalue weighted by atomic mass is 32.1. The van der Waals surface area contributed by atoms with E-state index in [9.17, 15) is 0 Å². The number of benzene rings is 13. The Balaban J connectivity index is 0.893. The summed E-state index contributed by atoms with van der Waals surface area (Å²) in [6.07, 6.45) is 0. The fourth-order valence-electron chi connectivity index (χ4n) is 13.5. The van der Waals surface area contributed by atoms with Crippen molar-refractivity contribution in [3.8, 4) is 78.9 Å². The molecular weight excluding hydrogens is 1120 g/mol. The van der Waals surface area contributed by atoms with Crippen LogP contribution in [0, 0.1) is 0 Å². The number of anilines is 2. The van der Waals surface area contributed by atoms with Crippen LogP contribution in [0.2, 0.25) is 0 Å². The second kappa shape index (κ2) is 20.7. The minimum atomic E-state index is 0.586. The summed E-state index contributed by atoms with van der Waals surface area (Å²) in [5, 5.41) is 13.5. The Hall–Kier alpha value is -11.3. The molecule has 0 saturated carbocycles. The lowest BCUT2D eigenvalue weighted by Gasteiger charge is -2.21. The third-order valence-corrected chi connectivity index (χ3v) is 19.8. The number of thiophene rings is 2. The van der Waals surface area contributed by atoms with Crippen molar-refractivity contribution in [2.24, 2.45) is 0 Å². The Kier molecular flexibility index (Phi) is 11.9. The molecule has 18 aromatic rings. The van der Waals surface area contributed by atoms with Crippen LogP contribution in [-0.2, 0) is 0 Å². The van der Waals surface area contributed by atoms with E-state index in [2.05, 4.69) is 312 Å². The molecule has 18 rings (SSSR count). The summed E-state index contributed by atoms with van der Waals surface area (Å²) in [7, 11) is 0. The van der Waals surface area contributed by atoms with Crippen molar-refractivity contribution in [3.63, 3.8) is 0 Å². The zero-order valence-corrected chi connectivity index (χ0v) is 49.5. The Bertz CT molecular complexity index is 5590. The number of nitrogens with zero attached hydrogens (tertiary/aromatic N) is 5. The second-order valence-corrected chi connectivity index (χ2v) is 24.9. The van der Waals surface area contributed by atoms with Crippen LogP contribution in [0.5, 0.6) is 0 Å². The van der Waals surface area contributed by atoms with Gasteiger partial charge in [0.15, 0.2) is 17.5 Å². The minimum Gasteiger partial charge on any atom is -0.355 e. The first kappa shape index (κ1) is 51.0. The first-order valence-corrected chi connectivity index (χ1v) is 31.6. The third kappa shape index (κ3) is 8.56. The zero-order valence-electron chi connectivity index (χ0n) is 47.8. The van der Waals surface area contributed by atoms with Gasteiger partial charge in [-0.3, -0.25) is 0 Å². The molecule has 8 heteroatoms. The van der Waals surface area contributed by atoms with Crippen LogP contribution in [-0.4, -0.2) is 24.1 Å². The highest BCUT2D eigenvalue weighted by molar-refractivity contribution is 7.26. The number of hydrogen-bond donors (Lipinski definition) is 1.